The van der Waals surface area contributed by atoms with Gasteiger partial charge in [0.1, 0.15) is 0 Å². The topological polar surface area (TPSA) is 104 Å². The number of halogens is 5. The van der Waals surface area contributed by atoms with E-state index in [2.05, 4.69) is 15.4 Å². The third kappa shape index (κ3) is 7.11. The molecule has 2 amide bonds. The Morgan fingerprint density at radius 1 is 0.675 bits per heavy atom. The van der Waals surface area contributed by atoms with Gasteiger partial charge in [0.25, 0.3) is 21.8 Å². The van der Waals surface area contributed by atoms with E-state index >= 15 is 0 Å². The Morgan fingerprint density at radius 2 is 1.23 bits per heavy atom. The van der Waals surface area contributed by atoms with E-state index < -0.39 is 33.6 Å². The maximum atomic E-state index is 13.1. The van der Waals surface area contributed by atoms with Crippen LogP contribution in [0.3, 0.4) is 0 Å². The van der Waals surface area contributed by atoms with E-state index in [1.54, 1.807) is 48.5 Å². The van der Waals surface area contributed by atoms with Gasteiger partial charge in [0.15, 0.2) is 0 Å². The first-order valence-electron chi connectivity index (χ1n) is 11.3. The Labute approximate surface area is 254 Å². The molecule has 40 heavy (non-hydrogen) atoms. The summed E-state index contributed by atoms with van der Waals surface area (Å²) in [5.41, 5.74) is -0.561. The van der Waals surface area contributed by atoms with E-state index in [-0.39, 0.29) is 22.0 Å². The normalized spacial score (nSPS) is 11.5. The van der Waals surface area contributed by atoms with Crippen LogP contribution in [0.2, 0.25) is 0 Å². The first kappa shape index (κ1) is 29.8. The average molecular weight is 791 g/mol. The predicted octanol–water partition coefficient (Wildman–Crippen LogP) is 7.22. The monoisotopic (exact) mass is 791 g/mol. The van der Waals surface area contributed by atoms with Gasteiger partial charge in [-0.1, -0.05) is 30.3 Å². The molecule has 7 nitrogen and oxygen atoms in total. The summed E-state index contributed by atoms with van der Waals surface area (Å²) in [4.78, 5) is 25.7. The highest BCUT2D eigenvalue weighted by Crippen LogP contribution is 2.32. The van der Waals surface area contributed by atoms with E-state index in [1.807, 2.05) is 45.2 Å². The molecule has 0 bridgehead atoms. The second kappa shape index (κ2) is 12.1. The Kier molecular flexibility index (Phi) is 9.04. The molecular weight excluding hydrogens is 773 g/mol. The lowest BCUT2D eigenvalue weighted by Gasteiger charge is -2.16. The van der Waals surface area contributed by atoms with Crippen molar-refractivity contribution >= 4 is 84.1 Å². The minimum absolute atomic E-state index is 0.0316. The quantitative estimate of drug-likeness (QED) is 0.172. The molecule has 0 fully saturated rings. The number of anilines is 3. The minimum atomic E-state index is -4.66. The number of nitrogens with one attached hydrogen (secondary N) is 3. The molecule has 0 heterocycles. The lowest BCUT2D eigenvalue weighted by molar-refractivity contribution is -0.137. The summed E-state index contributed by atoms with van der Waals surface area (Å²) >= 11 is 3.98. The van der Waals surface area contributed by atoms with Crippen molar-refractivity contribution in [1.82, 2.24) is 0 Å². The van der Waals surface area contributed by atoms with Gasteiger partial charge in [-0.2, -0.15) is 13.2 Å². The first-order chi connectivity index (χ1) is 18.8. The van der Waals surface area contributed by atoms with Crippen LogP contribution in [0.15, 0.2) is 95.9 Å². The van der Waals surface area contributed by atoms with Crippen molar-refractivity contribution < 1.29 is 31.2 Å². The van der Waals surface area contributed by atoms with Crippen molar-refractivity contribution in [2.45, 2.75) is 11.1 Å². The van der Waals surface area contributed by atoms with Crippen molar-refractivity contribution in [3.63, 3.8) is 0 Å². The fraction of sp³-hybridized carbons (Fsp3) is 0.0370. The Hall–Kier alpha value is -3.18. The fourth-order valence-electron chi connectivity index (χ4n) is 3.55. The predicted molar refractivity (Wildman–Crippen MR) is 163 cm³/mol. The molecule has 0 unspecified atom stereocenters. The molecule has 0 spiro atoms. The summed E-state index contributed by atoms with van der Waals surface area (Å²) in [6.45, 7) is 0. The molecule has 0 aliphatic heterocycles. The number of hydrogen-bond donors (Lipinski definition) is 3. The van der Waals surface area contributed by atoms with E-state index in [9.17, 15) is 31.2 Å². The molecule has 0 aromatic heterocycles. The molecule has 0 saturated heterocycles. The number of carbonyl (C=O) groups excluding carboxylic acids is 2. The van der Waals surface area contributed by atoms with Crippen LogP contribution in [-0.2, 0) is 16.2 Å². The van der Waals surface area contributed by atoms with Crippen molar-refractivity contribution in [3.8, 4) is 0 Å². The highest BCUT2D eigenvalue weighted by Gasteiger charge is 2.31. The smallest absolute Gasteiger partial charge is 0.320 e. The van der Waals surface area contributed by atoms with E-state index in [0.29, 0.717) is 24.3 Å². The van der Waals surface area contributed by atoms with Crippen LogP contribution in [0.5, 0.6) is 0 Å². The van der Waals surface area contributed by atoms with Gasteiger partial charge in [0, 0.05) is 12.8 Å². The molecule has 13 heteroatoms. The van der Waals surface area contributed by atoms with E-state index in [4.69, 9.17) is 0 Å². The molecule has 0 radical (unpaired) electrons. The van der Waals surface area contributed by atoms with Crippen molar-refractivity contribution in [3.05, 3.63) is 115 Å². The number of sulfonamides is 1. The Balaban J connectivity index is 1.71. The highest BCUT2D eigenvalue weighted by atomic mass is 127. The summed E-state index contributed by atoms with van der Waals surface area (Å²) in [5.74, 6) is -1.05. The van der Waals surface area contributed by atoms with Gasteiger partial charge in [-0.05, 0) is 106 Å². The van der Waals surface area contributed by atoms with Crippen molar-refractivity contribution in [2.75, 3.05) is 15.4 Å². The van der Waals surface area contributed by atoms with Crippen LogP contribution in [0.1, 0.15) is 26.3 Å². The number of amides is 2. The van der Waals surface area contributed by atoms with Gasteiger partial charge in [-0.15, -0.1) is 0 Å². The number of rotatable bonds is 7. The van der Waals surface area contributed by atoms with Crippen LogP contribution in [-0.4, -0.2) is 20.2 Å². The van der Waals surface area contributed by atoms with E-state index in [0.717, 1.165) is 18.2 Å². The summed E-state index contributed by atoms with van der Waals surface area (Å²) in [5, 5.41) is 5.33. The standard InChI is InChI=1S/C27H18F3I2N3O4S/c28-27(29,30)16-6-5-7-17(14-16)35-40(38,39)18-12-13-23(33-25(36)19-8-1-3-10-21(19)31)24(15-18)34-26(37)20-9-2-4-11-22(20)32/h1-15,35H,(H,33,36)(H,34,37). The van der Waals surface area contributed by atoms with Crippen molar-refractivity contribution in [1.29, 1.82) is 0 Å². The molecule has 0 aliphatic carbocycles. The zero-order valence-electron chi connectivity index (χ0n) is 20.1. The zero-order valence-corrected chi connectivity index (χ0v) is 25.2. The molecule has 3 N–H and O–H groups in total. The Bertz CT molecular complexity index is 1710. The SMILES string of the molecule is O=C(Nc1ccc(S(=O)(=O)Nc2cccc(C(F)(F)F)c2)cc1NC(=O)c1ccccc1I)c1ccccc1I. The summed E-state index contributed by atoms with van der Waals surface area (Å²) in [6.07, 6.45) is -4.66. The lowest BCUT2D eigenvalue weighted by atomic mass is 10.2. The van der Waals surface area contributed by atoms with Crippen LogP contribution < -0.4 is 15.4 Å². The summed E-state index contributed by atoms with van der Waals surface area (Å²) < 4.78 is 69.0. The summed E-state index contributed by atoms with van der Waals surface area (Å²) in [7, 11) is -4.39. The van der Waals surface area contributed by atoms with Gasteiger partial charge >= 0.3 is 6.18 Å². The van der Waals surface area contributed by atoms with Gasteiger partial charge < -0.3 is 10.6 Å². The second-order valence-corrected chi connectivity index (χ2v) is 12.3. The van der Waals surface area contributed by atoms with Gasteiger partial charge in [0.2, 0.25) is 0 Å². The largest absolute Gasteiger partial charge is 0.416 e. The second-order valence-electron chi connectivity index (χ2n) is 8.26. The number of alkyl halides is 3. The van der Waals surface area contributed by atoms with E-state index in [1.165, 1.54) is 18.2 Å². The van der Waals surface area contributed by atoms with Gasteiger partial charge in [0.05, 0.1) is 33.0 Å². The number of benzene rings is 4. The molecule has 0 atom stereocenters. The maximum absolute atomic E-state index is 13.1. The third-order valence-corrected chi connectivity index (χ3v) is 8.74. The minimum Gasteiger partial charge on any atom is -0.320 e. The first-order valence-corrected chi connectivity index (χ1v) is 14.9. The third-order valence-electron chi connectivity index (χ3n) is 5.48. The Morgan fingerprint density at radius 3 is 1.77 bits per heavy atom. The maximum Gasteiger partial charge on any atom is 0.416 e. The molecular formula is C27H18F3I2N3O4S. The summed E-state index contributed by atoms with van der Waals surface area (Å²) in [6, 6.07) is 20.9. The van der Waals surface area contributed by atoms with Crippen LogP contribution in [0, 0.1) is 7.14 Å². The number of carbonyl (C=O) groups is 2. The molecule has 4 aromatic rings. The van der Waals surface area contributed by atoms with Gasteiger partial charge in [-0.25, -0.2) is 8.42 Å². The van der Waals surface area contributed by atoms with Gasteiger partial charge in [-0.3, -0.25) is 14.3 Å². The molecule has 0 aliphatic rings. The number of hydrogen-bond acceptors (Lipinski definition) is 4. The van der Waals surface area contributed by atoms with Crippen LogP contribution in [0.25, 0.3) is 0 Å². The fourth-order valence-corrected chi connectivity index (χ4v) is 5.89. The molecule has 4 aromatic carbocycles. The molecule has 4 rings (SSSR count). The zero-order chi connectivity index (χ0) is 29.1. The lowest BCUT2D eigenvalue weighted by Crippen LogP contribution is -2.19. The highest BCUT2D eigenvalue weighted by molar-refractivity contribution is 14.1. The average Bonchev–Trinajstić information content (AvgIpc) is 2.89. The van der Waals surface area contributed by atoms with Crippen LogP contribution in [0.4, 0.5) is 30.2 Å². The molecule has 0 saturated carbocycles. The van der Waals surface area contributed by atoms with Crippen LogP contribution >= 0.6 is 45.2 Å². The van der Waals surface area contributed by atoms with Crippen molar-refractivity contribution in [2.24, 2.45) is 0 Å². The molecule has 206 valence electrons.